The lowest BCUT2D eigenvalue weighted by molar-refractivity contribution is -0.528. The number of carbonyl (C=O) groups is 1. The van der Waals surface area contributed by atoms with Gasteiger partial charge in [0.15, 0.2) is 0 Å². The molecular formula is C9H20N2O9. The second-order valence-corrected chi connectivity index (χ2v) is 4.76. The molecule has 11 heteroatoms. The second-order valence-electron chi connectivity index (χ2n) is 4.76. The molecule has 0 aromatic heterocycles. The van der Waals surface area contributed by atoms with Crippen LogP contribution in [0.3, 0.4) is 0 Å². The Morgan fingerprint density at radius 2 is 1.80 bits per heavy atom. The molecule has 0 heterocycles. The summed E-state index contributed by atoms with van der Waals surface area (Å²) < 4.78 is 4.39. The molecule has 120 valence electrons. The Morgan fingerprint density at radius 1 is 1.20 bits per heavy atom. The first kappa shape index (κ1) is 18.9. The second kappa shape index (κ2) is 8.99. The van der Waals surface area contributed by atoms with E-state index < -0.39 is 28.5 Å². The van der Waals surface area contributed by atoms with E-state index in [0.717, 1.165) is 0 Å². The third kappa shape index (κ3) is 10.8. The Morgan fingerprint density at radius 3 is 2.25 bits per heavy atom. The topological polar surface area (TPSA) is 152 Å². The minimum absolute atomic E-state index is 0.0377. The predicted octanol–water partition coefficient (Wildman–Crippen LogP) is 0.880. The highest BCUT2D eigenvalue weighted by atomic mass is 17.1. The van der Waals surface area contributed by atoms with Crippen LogP contribution in [0.2, 0.25) is 0 Å². The van der Waals surface area contributed by atoms with E-state index in [0.29, 0.717) is 6.42 Å². The highest BCUT2D eigenvalue weighted by Crippen LogP contribution is 2.28. The van der Waals surface area contributed by atoms with Crippen LogP contribution in [0.4, 0.5) is 4.79 Å². The van der Waals surface area contributed by atoms with Gasteiger partial charge in [0.05, 0.1) is 17.4 Å². The highest BCUT2D eigenvalue weighted by Gasteiger charge is 2.27. The van der Waals surface area contributed by atoms with E-state index in [-0.39, 0.29) is 19.6 Å². The lowest BCUT2D eigenvalue weighted by Crippen LogP contribution is -2.35. The molecule has 0 bridgehead atoms. The van der Waals surface area contributed by atoms with Crippen molar-refractivity contribution in [1.82, 2.24) is 10.8 Å². The summed E-state index contributed by atoms with van der Waals surface area (Å²) in [4.78, 5) is 19.1. The van der Waals surface area contributed by atoms with Crippen LogP contribution in [0.15, 0.2) is 0 Å². The fourth-order valence-electron chi connectivity index (χ4n) is 1.54. The number of hydrogen-bond acceptors (Lipinski definition) is 10. The van der Waals surface area contributed by atoms with E-state index in [1.54, 1.807) is 13.8 Å². The monoisotopic (exact) mass is 300 g/mol. The molecule has 0 amide bonds. The summed E-state index contributed by atoms with van der Waals surface area (Å²) in [5, 5.41) is 41.4. The molecule has 20 heavy (non-hydrogen) atoms. The van der Waals surface area contributed by atoms with Crippen molar-refractivity contribution in [3.05, 3.63) is 0 Å². The smallest absolute Gasteiger partial charge is 0.450 e. The van der Waals surface area contributed by atoms with Crippen LogP contribution in [0.5, 0.6) is 0 Å². The molecule has 0 aromatic carbocycles. The molecule has 0 fully saturated rings. The fourth-order valence-corrected chi connectivity index (χ4v) is 1.54. The van der Waals surface area contributed by atoms with Gasteiger partial charge in [-0.2, -0.15) is 0 Å². The maximum absolute atomic E-state index is 10.2. The molecule has 0 spiro atoms. The van der Waals surface area contributed by atoms with E-state index in [9.17, 15) is 4.79 Å². The molecule has 0 aliphatic rings. The molecule has 0 radical (unpaired) electrons. The lowest BCUT2D eigenvalue weighted by atomic mass is 9.84. The zero-order chi connectivity index (χ0) is 15.8. The first-order valence-corrected chi connectivity index (χ1v) is 5.63. The number of rotatable bonds is 10. The van der Waals surface area contributed by atoms with Crippen molar-refractivity contribution >= 4 is 6.16 Å². The van der Waals surface area contributed by atoms with Gasteiger partial charge >= 0.3 is 6.16 Å². The minimum atomic E-state index is -1.38. The van der Waals surface area contributed by atoms with Crippen molar-refractivity contribution < 1.29 is 45.1 Å². The standard InChI is InChI=1S/C9H20N2O9/c1-9(2,3-4-18-8(12)13)5-7(20-11(16)17)6-19-10(14)15/h7,14-17H,3-6H2,1-2H3,(H,12,13). The zero-order valence-corrected chi connectivity index (χ0v) is 11.2. The average Bonchev–Trinajstić information content (AvgIpc) is 2.23. The van der Waals surface area contributed by atoms with Gasteiger partial charge in [0.2, 0.25) is 0 Å². The van der Waals surface area contributed by atoms with Crippen LogP contribution in [-0.4, -0.2) is 62.2 Å². The van der Waals surface area contributed by atoms with Crippen molar-refractivity contribution in [2.24, 2.45) is 5.41 Å². The highest BCUT2D eigenvalue weighted by molar-refractivity contribution is 5.56. The summed E-state index contributed by atoms with van der Waals surface area (Å²) in [6.45, 7) is 3.12. The Labute approximate surface area is 114 Å². The van der Waals surface area contributed by atoms with E-state index >= 15 is 0 Å². The van der Waals surface area contributed by atoms with Crippen LogP contribution in [-0.2, 0) is 14.4 Å². The predicted molar refractivity (Wildman–Crippen MR) is 58.6 cm³/mol. The largest absolute Gasteiger partial charge is 0.505 e. The number of ether oxygens (including phenoxy) is 1. The van der Waals surface area contributed by atoms with Crippen molar-refractivity contribution in [2.45, 2.75) is 32.8 Å². The summed E-state index contributed by atoms with van der Waals surface area (Å²) in [5.74, 6) is 0. The first-order valence-electron chi connectivity index (χ1n) is 5.63. The SMILES string of the molecule is CC(C)(CCOC(=O)O)CC(CON(O)O)ON(O)O. The molecule has 11 nitrogen and oxygen atoms in total. The van der Waals surface area contributed by atoms with Crippen LogP contribution >= 0.6 is 0 Å². The fraction of sp³-hybridized carbons (Fsp3) is 0.889. The van der Waals surface area contributed by atoms with Crippen molar-refractivity contribution in [1.29, 1.82) is 0 Å². The van der Waals surface area contributed by atoms with Crippen LogP contribution in [0, 0.1) is 5.41 Å². The number of nitrogens with zero attached hydrogens (tertiary/aromatic N) is 2. The number of hydrogen-bond donors (Lipinski definition) is 5. The van der Waals surface area contributed by atoms with Gasteiger partial charge < -0.3 is 9.84 Å². The van der Waals surface area contributed by atoms with Crippen LogP contribution in [0.1, 0.15) is 26.7 Å². The molecular weight excluding hydrogens is 280 g/mol. The third-order valence-electron chi connectivity index (χ3n) is 2.40. The van der Waals surface area contributed by atoms with E-state index in [1.807, 2.05) is 0 Å². The molecule has 0 saturated heterocycles. The Kier molecular flexibility index (Phi) is 8.52. The quantitative estimate of drug-likeness (QED) is 0.288. The maximum atomic E-state index is 10.2. The summed E-state index contributed by atoms with van der Waals surface area (Å²) in [7, 11) is 0. The van der Waals surface area contributed by atoms with Crippen LogP contribution in [0.25, 0.3) is 0 Å². The van der Waals surface area contributed by atoms with Gasteiger partial charge in [-0.1, -0.05) is 13.8 Å². The average molecular weight is 300 g/mol. The Balaban J connectivity index is 4.32. The molecule has 5 N–H and O–H groups in total. The molecule has 1 atom stereocenters. The van der Waals surface area contributed by atoms with Gasteiger partial charge in [-0.15, -0.1) is 0 Å². The molecule has 0 aromatic rings. The molecule has 0 aliphatic heterocycles. The minimum Gasteiger partial charge on any atom is -0.450 e. The van der Waals surface area contributed by atoms with Gasteiger partial charge in [-0.3, -0.25) is 20.8 Å². The molecule has 0 rings (SSSR count). The number of carboxylic acid groups (broad SMARTS) is 1. The molecule has 1 unspecified atom stereocenters. The summed E-state index contributed by atoms with van der Waals surface area (Å²) >= 11 is 0. The third-order valence-corrected chi connectivity index (χ3v) is 2.40. The summed E-state index contributed by atoms with van der Waals surface area (Å²) in [6.07, 6.45) is -1.77. The van der Waals surface area contributed by atoms with Crippen molar-refractivity contribution in [3.63, 3.8) is 0 Å². The van der Waals surface area contributed by atoms with E-state index in [1.165, 1.54) is 0 Å². The van der Waals surface area contributed by atoms with Gasteiger partial charge in [0, 0.05) is 0 Å². The van der Waals surface area contributed by atoms with E-state index in [4.69, 9.17) is 25.9 Å². The summed E-state index contributed by atoms with van der Waals surface area (Å²) in [5.41, 5.74) is -0.491. The van der Waals surface area contributed by atoms with Gasteiger partial charge in [-0.25, -0.2) is 14.5 Å². The summed E-state index contributed by atoms with van der Waals surface area (Å²) in [6, 6.07) is 0. The maximum Gasteiger partial charge on any atom is 0.505 e. The Hall–Kier alpha value is -1.05. The van der Waals surface area contributed by atoms with Gasteiger partial charge in [-0.05, 0) is 18.3 Å². The van der Waals surface area contributed by atoms with Crippen molar-refractivity contribution in [2.75, 3.05) is 13.2 Å². The van der Waals surface area contributed by atoms with E-state index in [2.05, 4.69) is 14.4 Å². The lowest BCUT2D eigenvalue weighted by Gasteiger charge is -2.29. The zero-order valence-electron chi connectivity index (χ0n) is 11.2. The Bertz CT molecular complexity index is 285. The van der Waals surface area contributed by atoms with Gasteiger partial charge in [0.25, 0.3) is 0 Å². The molecule has 0 aliphatic carbocycles. The first-order chi connectivity index (χ1) is 9.12. The van der Waals surface area contributed by atoms with Gasteiger partial charge in [0.1, 0.15) is 12.7 Å². The van der Waals surface area contributed by atoms with Crippen LogP contribution < -0.4 is 0 Å². The molecule has 0 saturated carbocycles. The normalized spacial score (nSPS) is 13.8. The van der Waals surface area contributed by atoms with Crippen molar-refractivity contribution in [3.8, 4) is 0 Å².